The summed E-state index contributed by atoms with van der Waals surface area (Å²) in [5, 5.41) is 3.61. The van der Waals surface area contributed by atoms with Gasteiger partial charge in [-0.25, -0.2) is 0 Å². The molecule has 1 saturated heterocycles. The summed E-state index contributed by atoms with van der Waals surface area (Å²) in [7, 11) is 0. The van der Waals surface area contributed by atoms with Gasteiger partial charge in [0.2, 0.25) is 0 Å². The summed E-state index contributed by atoms with van der Waals surface area (Å²) in [6, 6.07) is 0. The second-order valence-electron chi connectivity index (χ2n) is 5.26. The summed E-state index contributed by atoms with van der Waals surface area (Å²) in [6.45, 7) is 7.20. The highest BCUT2D eigenvalue weighted by Gasteiger charge is 2.11. The van der Waals surface area contributed by atoms with Crippen molar-refractivity contribution in [1.82, 2.24) is 5.32 Å². The van der Waals surface area contributed by atoms with Gasteiger partial charge >= 0.3 is 0 Å². The van der Waals surface area contributed by atoms with Crippen LogP contribution in [0.4, 0.5) is 0 Å². The van der Waals surface area contributed by atoms with Gasteiger partial charge in [-0.15, -0.1) is 0 Å². The zero-order valence-electron chi connectivity index (χ0n) is 10.0. The summed E-state index contributed by atoms with van der Waals surface area (Å²) in [5.74, 6) is 1.80. The molecular formula is C13H27N. The maximum absolute atomic E-state index is 3.61. The van der Waals surface area contributed by atoms with Crippen molar-refractivity contribution >= 4 is 0 Å². The number of hydrogen-bond donors (Lipinski definition) is 1. The fourth-order valence-electron chi connectivity index (χ4n) is 2.49. The molecular weight excluding hydrogens is 170 g/mol. The maximum Gasteiger partial charge on any atom is -0.00204 e. The average Bonchev–Trinajstić information content (AvgIpc) is 2.15. The molecule has 0 aromatic heterocycles. The van der Waals surface area contributed by atoms with Crippen molar-refractivity contribution in [2.45, 2.75) is 58.8 Å². The molecule has 0 amide bonds. The Morgan fingerprint density at radius 3 is 2.57 bits per heavy atom. The lowest BCUT2D eigenvalue weighted by Gasteiger charge is -2.20. The second kappa shape index (κ2) is 7.28. The Labute approximate surface area is 89.7 Å². The molecule has 1 aliphatic heterocycles. The number of rotatable bonds is 2. The Morgan fingerprint density at radius 2 is 1.79 bits per heavy atom. The third-order valence-electron chi connectivity index (χ3n) is 3.20. The third kappa shape index (κ3) is 5.64. The number of hydrogen-bond acceptors (Lipinski definition) is 1. The van der Waals surface area contributed by atoms with Crippen molar-refractivity contribution in [3.8, 4) is 0 Å². The highest BCUT2D eigenvalue weighted by Crippen LogP contribution is 2.19. The van der Waals surface area contributed by atoms with E-state index in [1.807, 2.05) is 0 Å². The molecule has 1 heterocycles. The van der Waals surface area contributed by atoms with Crippen LogP contribution in [0.15, 0.2) is 0 Å². The third-order valence-corrected chi connectivity index (χ3v) is 3.20. The van der Waals surface area contributed by atoms with Crippen LogP contribution < -0.4 is 5.32 Å². The molecule has 1 fully saturated rings. The molecule has 0 saturated carbocycles. The summed E-state index contributed by atoms with van der Waals surface area (Å²) in [4.78, 5) is 0. The molecule has 84 valence electrons. The van der Waals surface area contributed by atoms with Gasteiger partial charge in [0.25, 0.3) is 0 Å². The number of nitrogens with one attached hydrogen (secondary N) is 1. The van der Waals surface area contributed by atoms with Gasteiger partial charge in [-0.2, -0.15) is 0 Å². The minimum absolute atomic E-state index is 0.866. The molecule has 14 heavy (non-hydrogen) atoms. The van der Waals surface area contributed by atoms with Gasteiger partial charge in [0.05, 0.1) is 0 Å². The Bertz CT molecular complexity index is 121. The lowest BCUT2D eigenvalue weighted by atomic mass is 9.91. The first-order chi connectivity index (χ1) is 6.79. The van der Waals surface area contributed by atoms with Crippen molar-refractivity contribution in [3.63, 3.8) is 0 Å². The van der Waals surface area contributed by atoms with E-state index in [2.05, 4.69) is 19.2 Å². The summed E-state index contributed by atoms with van der Waals surface area (Å²) >= 11 is 0. The van der Waals surface area contributed by atoms with E-state index in [4.69, 9.17) is 0 Å². The lowest BCUT2D eigenvalue weighted by Crippen LogP contribution is -2.25. The van der Waals surface area contributed by atoms with Gasteiger partial charge in [0, 0.05) is 0 Å². The minimum Gasteiger partial charge on any atom is -0.316 e. The summed E-state index contributed by atoms with van der Waals surface area (Å²) < 4.78 is 0. The normalized spacial score (nSPS) is 26.4. The van der Waals surface area contributed by atoms with Crippen LogP contribution in [0.25, 0.3) is 0 Å². The van der Waals surface area contributed by atoms with E-state index in [1.165, 1.54) is 58.0 Å². The van der Waals surface area contributed by atoms with E-state index in [0.717, 1.165) is 11.8 Å². The van der Waals surface area contributed by atoms with Crippen LogP contribution in [0.1, 0.15) is 58.8 Å². The van der Waals surface area contributed by atoms with Gasteiger partial charge in [0.15, 0.2) is 0 Å². The quantitative estimate of drug-likeness (QED) is 0.713. The zero-order valence-corrected chi connectivity index (χ0v) is 10.0. The van der Waals surface area contributed by atoms with Crippen LogP contribution in [-0.2, 0) is 0 Å². The molecule has 0 aromatic rings. The predicted octanol–water partition coefficient (Wildman–Crippen LogP) is 3.59. The highest BCUT2D eigenvalue weighted by molar-refractivity contribution is 4.66. The molecule has 1 aliphatic rings. The van der Waals surface area contributed by atoms with E-state index in [-0.39, 0.29) is 0 Å². The fraction of sp³-hybridized carbons (Fsp3) is 1.00. The van der Waals surface area contributed by atoms with Crippen molar-refractivity contribution in [2.24, 2.45) is 11.8 Å². The van der Waals surface area contributed by atoms with E-state index >= 15 is 0 Å². The molecule has 1 atom stereocenters. The lowest BCUT2D eigenvalue weighted by molar-refractivity contribution is 0.345. The van der Waals surface area contributed by atoms with E-state index in [1.54, 1.807) is 0 Å². The van der Waals surface area contributed by atoms with Crippen molar-refractivity contribution in [1.29, 1.82) is 0 Å². The highest BCUT2D eigenvalue weighted by atomic mass is 14.9. The average molecular weight is 197 g/mol. The SMILES string of the molecule is CC(C)CC1CCCCCCCNC1. The van der Waals surface area contributed by atoms with Gasteiger partial charge in [0.1, 0.15) is 0 Å². The Kier molecular flexibility index (Phi) is 6.25. The largest absolute Gasteiger partial charge is 0.316 e. The van der Waals surface area contributed by atoms with Crippen LogP contribution >= 0.6 is 0 Å². The fourth-order valence-corrected chi connectivity index (χ4v) is 2.49. The Hall–Kier alpha value is -0.0400. The molecule has 1 rings (SSSR count). The molecule has 0 radical (unpaired) electrons. The first-order valence-corrected chi connectivity index (χ1v) is 6.49. The van der Waals surface area contributed by atoms with E-state index < -0.39 is 0 Å². The van der Waals surface area contributed by atoms with E-state index in [9.17, 15) is 0 Å². The molecule has 0 spiro atoms. The maximum atomic E-state index is 3.61. The summed E-state index contributed by atoms with van der Waals surface area (Å²) in [6.07, 6.45) is 10.1. The summed E-state index contributed by atoms with van der Waals surface area (Å²) in [5.41, 5.74) is 0. The first kappa shape index (κ1) is 12.0. The first-order valence-electron chi connectivity index (χ1n) is 6.49. The van der Waals surface area contributed by atoms with Crippen molar-refractivity contribution in [3.05, 3.63) is 0 Å². The van der Waals surface area contributed by atoms with E-state index in [0.29, 0.717) is 0 Å². The molecule has 0 aromatic carbocycles. The minimum atomic E-state index is 0.866. The van der Waals surface area contributed by atoms with Gasteiger partial charge < -0.3 is 5.32 Å². The Balaban J connectivity index is 2.23. The smallest absolute Gasteiger partial charge is 0.00204 e. The van der Waals surface area contributed by atoms with Gasteiger partial charge in [-0.1, -0.05) is 39.5 Å². The van der Waals surface area contributed by atoms with Crippen molar-refractivity contribution in [2.75, 3.05) is 13.1 Å². The topological polar surface area (TPSA) is 12.0 Å². The molecule has 1 unspecified atom stereocenters. The Morgan fingerprint density at radius 1 is 1.07 bits per heavy atom. The van der Waals surface area contributed by atoms with Gasteiger partial charge in [-0.05, 0) is 44.2 Å². The van der Waals surface area contributed by atoms with Crippen LogP contribution in [-0.4, -0.2) is 13.1 Å². The predicted molar refractivity (Wildman–Crippen MR) is 63.5 cm³/mol. The molecule has 1 N–H and O–H groups in total. The molecule has 1 nitrogen and oxygen atoms in total. The molecule has 0 bridgehead atoms. The van der Waals surface area contributed by atoms with Gasteiger partial charge in [-0.3, -0.25) is 0 Å². The van der Waals surface area contributed by atoms with Crippen LogP contribution in [0.2, 0.25) is 0 Å². The second-order valence-corrected chi connectivity index (χ2v) is 5.26. The standard InChI is InChI=1S/C13H27N/c1-12(2)10-13-8-6-4-3-5-7-9-14-11-13/h12-14H,3-11H2,1-2H3. The zero-order chi connectivity index (χ0) is 10.2. The van der Waals surface area contributed by atoms with Crippen LogP contribution in [0.5, 0.6) is 0 Å². The molecule has 0 aliphatic carbocycles. The molecule has 1 heteroatoms. The van der Waals surface area contributed by atoms with Crippen molar-refractivity contribution < 1.29 is 0 Å². The monoisotopic (exact) mass is 197 g/mol. The van der Waals surface area contributed by atoms with Crippen LogP contribution in [0, 0.1) is 11.8 Å². The van der Waals surface area contributed by atoms with Crippen LogP contribution in [0.3, 0.4) is 0 Å².